The fraction of sp³-hybridized carbons (Fsp3) is 0.133. The number of benzene rings is 4. The second-order valence-corrected chi connectivity index (χ2v) is 10.2. The van der Waals surface area contributed by atoms with Gasteiger partial charge in [0.1, 0.15) is 12.3 Å². The van der Waals surface area contributed by atoms with E-state index < -0.39 is 40.7 Å². The lowest BCUT2D eigenvalue weighted by molar-refractivity contribution is -0.114. The molecule has 0 N–H and O–H groups in total. The van der Waals surface area contributed by atoms with Crippen LogP contribution in [0.1, 0.15) is 25.0 Å². The summed E-state index contributed by atoms with van der Waals surface area (Å²) in [5.41, 5.74) is -0.116. The lowest BCUT2D eigenvalue weighted by Crippen LogP contribution is -2.25. The van der Waals surface area contributed by atoms with Crippen LogP contribution in [0.15, 0.2) is 65.3 Å². The highest BCUT2D eigenvalue weighted by atomic mass is 127. The molecule has 0 atom stereocenters. The number of anilines is 1. The van der Waals surface area contributed by atoms with Crippen molar-refractivity contribution < 1.29 is 36.2 Å². The molecule has 0 aliphatic carbocycles. The molecule has 0 spiro atoms. The van der Waals surface area contributed by atoms with Crippen molar-refractivity contribution in [2.24, 2.45) is 5.10 Å². The molecule has 4 aromatic rings. The zero-order chi connectivity index (χ0) is 29.4. The van der Waals surface area contributed by atoms with Crippen molar-refractivity contribution in [2.75, 3.05) is 11.6 Å². The predicted molar refractivity (Wildman–Crippen MR) is 153 cm³/mol. The predicted octanol–water partition coefficient (Wildman–Crippen LogP) is 7.92. The molecule has 0 fully saturated rings. The van der Waals surface area contributed by atoms with E-state index in [1.807, 2.05) is 42.5 Å². The molecule has 5 rings (SSSR count). The number of ether oxygens (including phenoxy) is 2. The van der Waals surface area contributed by atoms with E-state index in [0.717, 1.165) is 16.3 Å². The lowest BCUT2D eigenvalue weighted by atomic mass is 10.1. The number of halogens is 6. The summed E-state index contributed by atoms with van der Waals surface area (Å²) >= 11 is 2.06. The van der Waals surface area contributed by atoms with Gasteiger partial charge in [-0.2, -0.15) is 10.1 Å². The maximum Gasteiger partial charge on any atom is 0.280 e. The summed E-state index contributed by atoms with van der Waals surface area (Å²) in [6, 6.07) is 17.3. The van der Waals surface area contributed by atoms with Gasteiger partial charge in [-0.15, -0.1) is 0 Å². The minimum atomic E-state index is -2.33. The molecule has 0 bridgehead atoms. The summed E-state index contributed by atoms with van der Waals surface area (Å²) in [6.45, 7) is 3.76. The fourth-order valence-corrected chi connectivity index (χ4v) is 5.12. The molecule has 1 amide bonds. The van der Waals surface area contributed by atoms with E-state index in [1.165, 1.54) is 13.0 Å². The molecule has 1 heterocycles. The number of hydrogen-bond donors (Lipinski definition) is 0. The van der Waals surface area contributed by atoms with E-state index in [4.69, 9.17) is 9.47 Å². The first-order chi connectivity index (χ1) is 19.6. The maximum absolute atomic E-state index is 14.4. The van der Waals surface area contributed by atoms with E-state index >= 15 is 0 Å². The second kappa shape index (κ2) is 11.5. The molecule has 0 unspecified atom stereocenters. The molecule has 5 nitrogen and oxygen atoms in total. The number of amides is 1. The third kappa shape index (κ3) is 5.37. The van der Waals surface area contributed by atoms with Crippen LogP contribution in [0, 0.1) is 32.7 Å². The van der Waals surface area contributed by atoms with Crippen molar-refractivity contribution >= 4 is 56.7 Å². The first-order valence-corrected chi connectivity index (χ1v) is 13.4. The maximum atomic E-state index is 14.4. The minimum absolute atomic E-state index is 0.0172. The van der Waals surface area contributed by atoms with Gasteiger partial charge < -0.3 is 9.47 Å². The monoisotopic (exact) mass is 678 g/mol. The van der Waals surface area contributed by atoms with Gasteiger partial charge in [0.05, 0.1) is 21.5 Å². The van der Waals surface area contributed by atoms with Crippen molar-refractivity contribution in [3.05, 3.63) is 104 Å². The molecule has 0 aromatic heterocycles. The van der Waals surface area contributed by atoms with Gasteiger partial charge in [0, 0.05) is 0 Å². The molecule has 4 aromatic carbocycles. The fourth-order valence-electron chi connectivity index (χ4n) is 4.34. The highest BCUT2D eigenvalue weighted by Crippen LogP contribution is 2.37. The average Bonchev–Trinajstić information content (AvgIpc) is 3.22. The average molecular weight is 678 g/mol. The van der Waals surface area contributed by atoms with Crippen molar-refractivity contribution in [3.8, 4) is 11.5 Å². The Hall–Kier alpha value is -4.00. The van der Waals surface area contributed by atoms with Crippen molar-refractivity contribution in [3.63, 3.8) is 0 Å². The molecule has 41 heavy (non-hydrogen) atoms. The van der Waals surface area contributed by atoms with Gasteiger partial charge in [0.25, 0.3) is 5.91 Å². The Morgan fingerprint density at radius 2 is 1.54 bits per heavy atom. The summed E-state index contributed by atoms with van der Waals surface area (Å²) in [6.07, 6.45) is 1.39. The molecule has 11 heteroatoms. The summed E-state index contributed by atoms with van der Waals surface area (Å²) in [5, 5.41) is 6.13. The minimum Gasteiger partial charge on any atom is -0.490 e. The van der Waals surface area contributed by atoms with Crippen LogP contribution in [-0.4, -0.2) is 18.2 Å². The third-order valence-electron chi connectivity index (χ3n) is 6.30. The van der Waals surface area contributed by atoms with Crippen LogP contribution < -0.4 is 14.5 Å². The van der Waals surface area contributed by atoms with Gasteiger partial charge in [0.15, 0.2) is 34.8 Å². The second-order valence-electron chi connectivity index (χ2n) is 9.01. The standard InChI is InChI=1S/C30H20F5IN2O3/c1-3-40-22-13-17(12-21(36)29(22)41-14-16-8-9-18-6-4-5-7-19(18)10-16)11-20-15(2)37-38(30(20)39)28-26(34)24(32)23(31)25(33)27(28)35/h4-13H,3,14H2,1-2H3/b20-11+. The zero-order valence-electron chi connectivity index (χ0n) is 21.6. The quantitative estimate of drug-likeness (QED) is 0.0657. The molecule has 1 aliphatic heterocycles. The Balaban J connectivity index is 1.45. The Bertz CT molecular complexity index is 1740. The van der Waals surface area contributed by atoms with E-state index in [-0.39, 0.29) is 22.9 Å². The number of hydrogen-bond acceptors (Lipinski definition) is 4. The van der Waals surface area contributed by atoms with Crippen molar-refractivity contribution in [1.29, 1.82) is 0 Å². The highest BCUT2D eigenvalue weighted by molar-refractivity contribution is 14.1. The molecule has 1 aliphatic rings. The van der Waals surface area contributed by atoms with Gasteiger partial charge in [-0.25, -0.2) is 22.0 Å². The number of hydrazone groups is 1. The first-order valence-electron chi connectivity index (χ1n) is 12.3. The Morgan fingerprint density at radius 1 is 0.878 bits per heavy atom. The molecule has 0 saturated carbocycles. The summed E-state index contributed by atoms with van der Waals surface area (Å²) in [5.74, 6) is -11.2. The Labute approximate surface area is 245 Å². The number of rotatable bonds is 7. The van der Waals surface area contributed by atoms with Gasteiger partial charge in [-0.05, 0) is 82.6 Å². The van der Waals surface area contributed by atoms with Gasteiger partial charge in [0.2, 0.25) is 5.82 Å². The van der Waals surface area contributed by atoms with E-state index in [9.17, 15) is 26.7 Å². The van der Waals surface area contributed by atoms with Crippen LogP contribution in [0.5, 0.6) is 11.5 Å². The van der Waals surface area contributed by atoms with Gasteiger partial charge in [-0.3, -0.25) is 4.79 Å². The lowest BCUT2D eigenvalue weighted by Gasteiger charge is -2.16. The molecule has 0 saturated heterocycles. The van der Waals surface area contributed by atoms with Crippen LogP contribution in [-0.2, 0) is 11.4 Å². The van der Waals surface area contributed by atoms with Crippen molar-refractivity contribution in [1.82, 2.24) is 0 Å². The Kier molecular flexibility index (Phi) is 7.98. The third-order valence-corrected chi connectivity index (χ3v) is 7.10. The van der Waals surface area contributed by atoms with Crippen LogP contribution in [0.4, 0.5) is 27.6 Å². The summed E-state index contributed by atoms with van der Waals surface area (Å²) in [7, 11) is 0. The SMILES string of the molecule is CCOc1cc(/C=C2/C(=O)N(c3c(F)c(F)c(F)c(F)c3F)N=C2C)cc(I)c1OCc1ccc2ccccc2c1. The van der Waals surface area contributed by atoms with Crippen LogP contribution >= 0.6 is 22.6 Å². The summed E-state index contributed by atoms with van der Waals surface area (Å²) in [4.78, 5) is 13.1. The zero-order valence-corrected chi connectivity index (χ0v) is 23.7. The van der Waals surface area contributed by atoms with E-state index in [1.54, 1.807) is 19.1 Å². The number of carbonyl (C=O) groups is 1. The smallest absolute Gasteiger partial charge is 0.280 e. The molecule has 210 valence electrons. The molecular formula is C30H20F5IN2O3. The molecular weight excluding hydrogens is 658 g/mol. The van der Waals surface area contributed by atoms with Crippen LogP contribution in [0.25, 0.3) is 16.8 Å². The van der Waals surface area contributed by atoms with Crippen molar-refractivity contribution in [2.45, 2.75) is 20.5 Å². The number of carbonyl (C=O) groups excluding carboxylic acids is 1. The molecule has 0 radical (unpaired) electrons. The topological polar surface area (TPSA) is 51.1 Å². The van der Waals surface area contributed by atoms with E-state index in [0.29, 0.717) is 27.2 Å². The van der Waals surface area contributed by atoms with E-state index in [2.05, 4.69) is 27.7 Å². The normalized spacial score (nSPS) is 14.2. The number of nitrogens with zero attached hydrogens (tertiary/aromatic N) is 2. The van der Waals surface area contributed by atoms with Gasteiger partial charge >= 0.3 is 0 Å². The number of fused-ring (bicyclic) bond motifs is 1. The van der Waals surface area contributed by atoms with Crippen LogP contribution in [0.3, 0.4) is 0 Å². The summed E-state index contributed by atoms with van der Waals surface area (Å²) < 4.78 is 82.4. The van der Waals surface area contributed by atoms with Crippen LogP contribution in [0.2, 0.25) is 0 Å². The largest absolute Gasteiger partial charge is 0.490 e. The van der Waals surface area contributed by atoms with Gasteiger partial charge in [-0.1, -0.05) is 36.4 Å². The highest BCUT2D eigenvalue weighted by Gasteiger charge is 2.37. The Morgan fingerprint density at radius 3 is 2.22 bits per heavy atom. The first kappa shape index (κ1) is 28.5.